The standard InChI is InChI=1S/C19H18ClNO4/c1-4-25-18(24)19(2,3)10-21-16(22)12-7-5-6-11-14(20)9-8-13(15(11)12)17(21)23/h5-9H,4,10H2,1-3H3. The van der Waals surface area contributed by atoms with Gasteiger partial charge >= 0.3 is 5.97 Å². The minimum Gasteiger partial charge on any atom is -0.466 e. The maximum atomic E-state index is 12.9. The van der Waals surface area contributed by atoms with Crippen LogP contribution in [0.3, 0.4) is 0 Å². The molecular weight excluding hydrogens is 342 g/mol. The Kier molecular flexibility index (Phi) is 4.29. The average molecular weight is 360 g/mol. The first kappa shape index (κ1) is 17.4. The summed E-state index contributed by atoms with van der Waals surface area (Å²) in [6.45, 7) is 5.21. The fourth-order valence-electron chi connectivity index (χ4n) is 3.04. The predicted octanol–water partition coefficient (Wildman–Crippen LogP) is 3.68. The van der Waals surface area contributed by atoms with Crippen molar-refractivity contribution in [3.8, 4) is 0 Å². The fourth-order valence-corrected chi connectivity index (χ4v) is 3.26. The first-order chi connectivity index (χ1) is 11.8. The molecule has 0 spiro atoms. The number of imide groups is 1. The van der Waals surface area contributed by atoms with E-state index in [0.29, 0.717) is 26.9 Å². The predicted molar refractivity (Wildman–Crippen MR) is 94.7 cm³/mol. The second-order valence-electron chi connectivity index (χ2n) is 6.62. The van der Waals surface area contributed by atoms with E-state index in [-0.39, 0.29) is 13.2 Å². The molecule has 6 heteroatoms. The second-order valence-corrected chi connectivity index (χ2v) is 7.03. The summed E-state index contributed by atoms with van der Waals surface area (Å²) in [5, 5.41) is 1.72. The van der Waals surface area contributed by atoms with Crippen molar-refractivity contribution in [3.63, 3.8) is 0 Å². The molecule has 0 N–H and O–H groups in total. The van der Waals surface area contributed by atoms with Crippen molar-refractivity contribution >= 4 is 40.2 Å². The van der Waals surface area contributed by atoms with E-state index >= 15 is 0 Å². The third kappa shape index (κ3) is 2.78. The van der Waals surface area contributed by atoms with Crippen molar-refractivity contribution in [2.45, 2.75) is 20.8 Å². The molecule has 0 saturated carbocycles. The first-order valence-electron chi connectivity index (χ1n) is 8.02. The molecule has 1 aliphatic rings. The Bertz CT molecular complexity index is 881. The smallest absolute Gasteiger partial charge is 0.313 e. The molecular formula is C19H18ClNO4. The zero-order valence-corrected chi connectivity index (χ0v) is 15.0. The van der Waals surface area contributed by atoms with Gasteiger partial charge in [0.15, 0.2) is 0 Å². The summed E-state index contributed by atoms with van der Waals surface area (Å²) >= 11 is 6.20. The molecule has 0 fully saturated rings. The molecule has 25 heavy (non-hydrogen) atoms. The van der Waals surface area contributed by atoms with E-state index in [1.165, 1.54) is 0 Å². The van der Waals surface area contributed by atoms with Gasteiger partial charge in [0.1, 0.15) is 0 Å². The van der Waals surface area contributed by atoms with Gasteiger partial charge in [-0.1, -0.05) is 23.7 Å². The van der Waals surface area contributed by atoms with E-state index in [1.54, 1.807) is 51.1 Å². The molecule has 0 saturated heterocycles. The van der Waals surface area contributed by atoms with Crippen LogP contribution in [0.2, 0.25) is 5.02 Å². The van der Waals surface area contributed by atoms with E-state index in [0.717, 1.165) is 4.90 Å². The van der Waals surface area contributed by atoms with E-state index in [2.05, 4.69) is 0 Å². The second kappa shape index (κ2) is 6.15. The highest BCUT2D eigenvalue weighted by atomic mass is 35.5. The first-order valence-corrected chi connectivity index (χ1v) is 8.40. The minimum atomic E-state index is -1.00. The summed E-state index contributed by atoms with van der Waals surface area (Å²) in [7, 11) is 0. The van der Waals surface area contributed by atoms with Gasteiger partial charge in [0.2, 0.25) is 0 Å². The third-order valence-corrected chi connectivity index (χ3v) is 4.65. The number of halogens is 1. The highest BCUT2D eigenvalue weighted by Gasteiger charge is 2.40. The Labute approximate surface area is 150 Å². The lowest BCUT2D eigenvalue weighted by Gasteiger charge is -2.33. The molecule has 0 unspecified atom stereocenters. The van der Waals surface area contributed by atoms with Crippen molar-refractivity contribution in [2.75, 3.05) is 13.2 Å². The lowest BCUT2D eigenvalue weighted by atomic mass is 9.89. The van der Waals surface area contributed by atoms with Crippen LogP contribution in [0.1, 0.15) is 41.5 Å². The van der Waals surface area contributed by atoms with Crippen LogP contribution in [0, 0.1) is 5.41 Å². The van der Waals surface area contributed by atoms with Gasteiger partial charge in [0.05, 0.1) is 12.0 Å². The van der Waals surface area contributed by atoms with E-state index in [9.17, 15) is 14.4 Å². The Morgan fingerprint density at radius 2 is 1.76 bits per heavy atom. The van der Waals surface area contributed by atoms with E-state index in [1.807, 2.05) is 0 Å². The summed E-state index contributed by atoms with van der Waals surface area (Å²) in [6, 6.07) is 8.44. The maximum Gasteiger partial charge on any atom is 0.313 e. The Morgan fingerprint density at radius 3 is 2.40 bits per heavy atom. The average Bonchev–Trinajstić information content (AvgIpc) is 2.58. The zero-order valence-electron chi connectivity index (χ0n) is 14.3. The molecule has 130 valence electrons. The zero-order chi connectivity index (χ0) is 18.4. The lowest BCUT2D eigenvalue weighted by Crippen LogP contribution is -2.48. The molecule has 0 aliphatic carbocycles. The topological polar surface area (TPSA) is 63.7 Å². The Balaban J connectivity index is 2.06. The van der Waals surface area contributed by atoms with Crippen LogP contribution in [0.15, 0.2) is 30.3 Å². The monoisotopic (exact) mass is 359 g/mol. The highest BCUT2D eigenvalue weighted by Crippen LogP contribution is 2.35. The minimum absolute atomic E-state index is 0.0536. The molecule has 2 aromatic rings. The van der Waals surface area contributed by atoms with Gasteiger partial charge in [-0.2, -0.15) is 0 Å². The van der Waals surface area contributed by atoms with Crippen LogP contribution >= 0.6 is 11.6 Å². The number of nitrogens with zero attached hydrogens (tertiary/aromatic N) is 1. The van der Waals surface area contributed by atoms with Crippen LogP contribution in [0.4, 0.5) is 0 Å². The summed E-state index contributed by atoms with van der Waals surface area (Å²) in [5.41, 5.74) is -0.178. The number of benzene rings is 2. The van der Waals surface area contributed by atoms with E-state index < -0.39 is 23.2 Å². The fraction of sp³-hybridized carbons (Fsp3) is 0.316. The van der Waals surface area contributed by atoms with Crippen LogP contribution in [0.5, 0.6) is 0 Å². The number of hydrogen-bond donors (Lipinski definition) is 0. The number of hydrogen-bond acceptors (Lipinski definition) is 4. The normalized spacial score (nSPS) is 14.2. The molecule has 2 aromatic carbocycles. The third-order valence-electron chi connectivity index (χ3n) is 4.32. The van der Waals surface area contributed by atoms with Gasteiger partial charge in [-0.3, -0.25) is 19.3 Å². The van der Waals surface area contributed by atoms with Gasteiger partial charge in [-0.25, -0.2) is 0 Å². The van der Waals surface area contributed by atoms with Crippen molar-refractivity contribution in [1.29, 1.82) is 0 Å². The number of amides is 2. The number of rotatable bonds is 4. The lowest BCUT2D eigenvalue weighted by molar-refractivity contribution is -0.153. The molecule has 0 aromatic heterocycles. The molecule has 0 atom stereocenters. The summed E-state index contributed by atoms with van der Waals surface area (Å²) in [6.07, 6.45) is 0. The maximum absolute atomic E-state index is 12.9. The van der Waals surface area contributed by atoms with Crippen LogP contribution in [-0.2, 0) is 9.53 Å². The SMILES string of the molecule is CCOC(=O)C(C)(C)CN1C(=O)c2cccc3c(Cl)ccc(c23)C1=O. The van der Waals surface area contributed by atoms with Gasteiger partial charge in [0, 0.05) is 33.5 Å². The number of ether oxygens (including phenoxy) is 1. The van der Waals surface area contributed by atoms with Gasteiger partial charge in [0.25, 0.3) is 11.8 Å². The Morgan fingerprint density at radius 1 is 1.12 bits per heavy atom. The highest BCUT2D eigenvalue weighted by molar-refractivity contribution is 6.38. The van der Waals surface area contributed by atoms with Crippen molar-refractivity contribution in [2.24, 2.45) is 5.41 Å². The Hall–Kier alpha value is -2.40. The number of carbonyl (C=O) groups excluding carboxylic acids is 3. The quantitative estimate of drug-likeness (QED) is 0.617. The van der Waals surface area contributed by atoms with Gasteiger partial charge in [-0.15, -0.1) is 0 Å². The molecule has 0 radical (unpaired) electrons. The van der Waals surface area contributed by atoms with Crippen LogP contribution < -0.4 is 0 Å². The summed E-state index contributed by atoms with van der Waals surface area (Å²) in [4.78, 5) is 39.0. The van der Waals surface area contributed by atoms with Crippen LogP contribution in [0.25, 0.3) is 10.8 Å². The molecule has 1 aliphatic heterocycles. The molecule has 5 nitrogen and oxygen atoms in total. The van der Waals surface area contributed by atoms with Crippen molar-refractivity contribution < 1.29 is 19.1 Å². The van der Waals surface area contributed by atoms with Gasteiger partial charge in [-0.05, 0) is 39.0 Å². The summed E-state index contributed by atoms with van der Waals surface area (Å²) in [5.74, 6) is -1.30. The number of esters is 1. The molecule has 0 bridgehead atoms. The molecule has 2 amide bonds. The molecule has 1 heterocycles. The van der Waals surface area contributed by atoms with Gasteiger partial charge < -0.3 is 4.74 Å². The molecule has 3 rings (SSSR count). The van der Waals surface area contributed by atoms with Crippen molar-refractivity contribution in [3.05, 3.63) is 46.5 Å². The number of carbonyl (C=O) groups is 3. The van der Waals surface area contributed by atoms with E-state index in [4.69, 9.17) is 16.3 Å². The largest absolute Gasteiger partial charge is 0.466 e. The van der Waals surface area contributed by atoms with Crippen LogP contribution in [-0.4, -0.2) is 35.8 Å². The van der Waals surface area contributed by atoms with Crippen molar-refractivity contribution in [1.82, 2.24) is 4.90 Å². The summed E-state index contributed by atoms with van der Waals surface area (Å²) < 4.78 is 5.06.